The second-order valence-corrected chi connectivity index (χ2v) is 14.5. The third kappa shape index (κ3) is 7.64. The molecule has 8 rings (SSSR count). The number of aliphatic hydroxyl groups is 2. The molecule has 1 saturated carbocycles. The van der Waals surface area contributed by atoms with E-state index >= 15 is 0 Å². The molecule has 4 heterocycles. The summed E-state index contributed by atoms with van der Waals surface area (Å²) in [4.78, 5) is 55.3. The maximum atomic E-state index is 12.8. The molecule has 0 spiro atoms. The molecular weight excluding hydrogens is 736 g/mol. The fraction of sp³-hybridized carbons (Fsp3) is 0.333. The highest BCUT2D eigenvalue weighted by molar-refractivity contribution is 6.02. The van der Waals surface area contributed by atoms with Crippen LogP contribution in [0.4, 0.5) is 21.4 Å². The van der Waals surface area contributed by atoms with E-state index in [0.29, 0.717) is 49.0 Å². The average Bonchev–Trinajstić information content (AvgIpc) is 3.99. The zero-order chi connectivity index (χ0) is 39.8. The predicted octanol–water partition coefficient (Wildman–Crippen LogP) is 1.85. The Morgan fingerprint density at radius 2 is 1.60 bits per heavy atom. The van der Waals surface area contributed by atoms with E-state index in [1.165, 1.54) is 6.33 Å². The molecule has 0 radical (unpaired) electrons. The van der Waals surface area contributed by atoms with Crippen LogP contribution in [0.3, 0.4) is 0 Å². The van der Waals surface area contributed by atoms with Gasteiger partial charge in [0.25, 0.3) is 0 Å². The number of rotatable bonds is 11. The summed E-state index contributed by atoms with van der Waals surface area (Å²) in [5.41, 5.74) is 3.22. The second-order valence-electron chi connectivity index (χ2n) is 14.5. The van der Waals surface area contributed by atoms with Crippen LogP contribution in [-0.2, 0) is 11.3 Å². The van der Waals surface area contributed by atoms with Gasteiger partial charge in [0.2, 0.25) is 11.9 Å². The number of hydrogen-bond acceptors (Lipinski definition) is 13. The van der Waals surface area contributed by atoms with E-state index in [1.54, 1.807) is 53.1 Å². The minimum absolute atomic E-state index is 0.0479. The standard InChI is InChI=1S/C39H42N10O8/c50-25-8-4-22(5-9-25)28(23-6-10-26(51)11-7-23)17-40-35-32-36(48(20-43-32)29-15-30(34(55)33(29)54)49-31(53)18-42-39(49)57)46-37(45-35)47-13-12-24(19-47)44-38(56)41-16-21-2-1-3-27(52)14-21/h1-11,14,20,24,28-30,33-34,50-52,54-55H,12-13,15-19H2,(H,42,57)(H,40,45,46)(H2,41,44,56)/t24-,29-,30+,33+,34-/m1/s1. The SMILES string of the molecule is O=C(NCc1cccc(O)c1)N[C@@H]1CCN(c2nc(NCC(c3ccc(O)cc3)c3ccc(O)cc3)c3ncn([C@@H]4C[C@H](N5C(=O)CNC5=O)[C@@H](O)[C@H]4O)c3n2)C1. The third-order valence-corrected chi connectivity index (χ3v) is 10.8. The summed E-state index contributed by atoms with van der Waals surface area (Å²) in [6.45, 7) is 1.21. The minimum atomic E-state index is -1.42. The van der Waals surface area contributed by atoms with Crippen molar-refractivity contribution in [2.24, 2.45) is 0 Å². The number of aromatic nitrogens is 4. The minimum Gasteiger partial charge on any atom is -0.508 e. The first kappa shape index (κ1) is 37.3. The molecule has 5 amide bonds. The Morgan fingerprint density at radius 1 is 0.895 bits per heavy atom. The van der Waals surface area contributed by atoms with E-state index in [-0.39, 0.29) is 54.7 Å². The number of carbonyl (C=O) groups is 3. The Bertz CT molecular complexity index is 2230. The lowest BCUT2D eigenvalue weighted by Crippen LogP contribution is -2.46. The summed E-state index contributed by atoms with van der Waals surface area (Å²) in [7, 11) is 0. The first-order valence-corrected chi connectivity index (χ1v) is 18.6. The second kappa shape index (κ2) is 15.5. The number of amides is 5. The van der Waals surface area contributed by atoms with Crippen molar-refractivity contribution >= 4 is 40.9 Å². The highest BCUT2D eigenvalue weighted by Crippen LogP contribution is 2.38. The predicted molar refractivity (Wildman–Crippen MR) is 206 cm³/mol. The van der Waals surface area contributed by atoms with Gasteiger partial charge in [-0.15, -0.1) is 0 Å². The Labute approximate surface area is 325 Å². The molecule has 296 valence electrons. The van der Waals surface area contributed by atoms with Gasteiger partial charge in [-0.25, -0.2) is 14.6 Å². The van der Waals surface area contributed by atoms with Crippen molar-refractivity contribution in [1.29, 1.82) is 0 Å². The number of nitrogens with one attached hydrogen (secondary N) is 4. The van der Waals surface area contributed by atoms with Gasteiger partial charge in [-0.2, -0.15) is 9.97 Å². The summed E-state index contributed by atoms with van der Waals surface area (Å²) in [5, 5.41) is 63.9. The number of urea groups is 2. The molecule has 5 aromatic rings. The number of fused-ring (bicyclic) bond motifs is 1. The Kier molecular flexibility index (Phi) is 10.1. The number of imidazole rings is 1. The molecule has 0 bridgehead atoms. The van der Waals surface area contributed by atoms with Gasteiger partial charge in [0.15, 0.2) is 17.0 Å². The maximum Gasteiger partial charge on any atom is 0.324 e. The lowest BCUT2D eigenvalue weighted by molar-refractivity contribution is -0.128. The fourth-order valence-electron chi connectivity index (χ4n) is 7.89. The van der Waals surface area contributed by atoms with Crippen LogP contribution in [0.25, 0.3) is 11.2 Å². The molecular formula is C39H42N10O8. The number of carbonyl (C=O) groups excluding carboxylic acids is 3. The molecule has 1 aliphatic carbocycles. The van der Waals surface area contributed by atoms with Crippen molar-refractivity contribution in [2.75, 3.05) is 36.4 Å². The maximum absolute atomic E-state index is 12.8. The van der Waals surface area contributed by atoms with Crippen LogP contribution in [0.1, 0.15) is 41.5 Å². The molecule has 5 atom stereocenters. The van der Waals surface area contributed by atoms with Crippen molar-refractivity contribution in [3.8, 4) is 17.2 Å². The van der Waals surface area contributed by atoms with Gasteiger partial charge in [-0.3, -0.25) is 9.69 Å². The van der Waals surface area contributed by atoms with E-state index in [2.05, 4.69) is 26.3 Å². The molecule has 9 N–H and O–H groups in total. The summed E-state index contributed by atoms with van der Waals surface area (Å²) in [6.07, 6.45) is -0.651. The first-order valence-electron chi connectivity index (χ1n) is 18.6. The Morgan fingerprint density at radius 3 is 2.26 bits per heavy atom. The average molecular weight is 779 g/mol. The molecule has 2 saturated heterocycles. The van der Waals surface area contributed by atoms with Crippen LogP contribution >= 0.6 is 0 Å². The highest BCUT2D eigenvalue weighted by Gasteiger charge is 2.50. The molecule has 3 aliphatic rings. The fourth-order valence-corrected chi connectivity index (χ4v) is 7.89. The van der Waals surface area contributed by atoms with Crippen LogP contribution in [0.2, 0.25) is 0 Å². The summed E-state index contributed by atoms with van der Waals surface area (Å²) in [5.74, 6) is 0.274. The largest absolute Gasteiger partial charge is 0.508 e. The van der Waals surface area contributed by atoms with Crippen molar-refractivity contribution in [2.45, 2.75) is 55.6 Å². The smallest absolute Gasteiger partial charge is 0.324 e. The number of phenolic OH excluding ortho intramolecular Hbond substituents is 3. The van der Waals surface area contributed by atoms with E-state index in [0.717, 1.165) is 21.6 Å². The number of nitrogens with zero attached hydrogens (tertiary/aromatic N) is 6. The number of phenols is 3. The van der Waals surface area contributed by atoms with Gasteiger partial charge in [0, 0.05) is 38.1 Å². The number of imide groups is 1. The van der Waals surface area contributed by atoms with Crippen LogP contribution < -0.4 is 26.2 Å². The van der Waals surface area contributed by atoms with Crippen molar-refractivity contribution < 1.29 is 39.9 Å². The lowest BCUT2D eigenvalue weighted by atomic mass is 9.91. The topological polar surface area (TPSA) is 251 Å². The lowest BCUT2D eigenvalue weighted by Gasteiger charge is -2.23. The zero-order valence-corrected chi connectivity index (χ0v) is 30.6. The summed E-state index contributed by atoms with van der Waals surface area (Å²) in [6, 6.07) is 17.3. The Balaban J connectivity index is 1.09. The number of aromatic hydroxyl groups is 3. The first-order chi connectivity index (χ1) is 27.5. The number of anilines is 2. The van der Waals surface area contributed by atoms with Gasteiger partial charge in [-0.1, -0.05) is 36.4 Å². The monoisotopic (exact) mass is 778 g/mol. The van der Waals surface area contributed by atoms with Crippen LogP contribution in [0.15, 0.2) is 79.1 Å². The highest BCUT2D eigenvalue weighted by atomic mass is 16.3. The van der Waals surface area contributed by atoms with E-state index in [4.69, 9.17) is 9.97 Å². The molecule has 3 fully saturated rings. The quantitative estimate of drug-likeness (QED) is 0.0870. The van der Waals surface area contributed by atoms with Gasteiger partial charge in [-0.05, 0) is 65.9 Å². The van der Waals surface area contributed by atoms with Gasteiger partial charge in [0.05, 0.1) is 25.0 Å². The van der Waals surface area contributed by atoms with Gasteiger partial charge in [0.1, 0.15) is 29.5 Å². The van der Waals surface area contributed by atoms with Crippen LogP contribution in [-0.4, -0.2) is 118 Å². The summed E-state index contributed by atoms with van der Waals surface area (Å²) >= 11 is 0. The van der Waals surface area contributed by atoms with Gasteiger partial charge >= 0.3 is 12.1 Å². The molecule has 18 nitrogen and oxygen atoms in total. The molecule has 0 unspecified atom stereocenters. The van der Waals surface area contributed by atoms with E-state index in [9.17, 15) is 39.9 Å². The van der Waals surface area contributed by atoms with Crippen LogP contribution in [0, 0.1) is 0 Å². The number of aliphatic hydroxyl groups excluding tert-OH is 2. The van der Waals surface area contributed by atoms with E-state index < -0.39 is 36.2 Å². The number of benzene rings is 3. The molecule has 3 aromatic carbocycles. The molecule has 18 heteroatoms. The number of hydrogen-bond donors (Lipinski definition) is 9. The molecule has 57 heavy (non-hydrogen) atoms. The van der Waals surface area contributed by atoms with Crippen molar-refractivity contribution in [3.05, 3.63) is 95.8 Å². The van der Waals surface area contributed by atoms with Gasteiger partial charge < -0.3 is 56.3 Å². The third-order valence-electron chi connectivity index (χ3n) is 10.8. The Hall–Kier alpha value is -6.66. The normalized spacial score (nSPS) is 22.1. The molecule has 2 aromatic heterocycles. The zero-order valence-electron chi connectivity index (χ0n) is 30.6. The van der Waals surface area contributed by atoms with E-state index in [1.807, 2.05) is 29.2 Å². The van der Waals surface area contributed by atoms with Crippen molar-refractivity contribution in [3.63, 3.8) is 0 Å². The summed E-state index contributed by atoms with van der Waals surface area (Å²) < 4.78 is 1.64. The van der Waals surface area contributed by atoms with Crippen LogP contribution in [0.5, 0.6) is 17.2 Å². The van der Waals surface area contributed by atoms with Crippen molar-refractivity contribution in [1.82, 2.24) is 40.4 Å². The molecule has 2 aliphatic heterocycles.